The summed E-state index contributed by atoms with van der Waals surface area (Å²) < 4.78 is 8.36. The number of rotatable bonds is 6. The number of aryl methyl sites for hydroxylation is 2. The second kappa shape index (κ2) is 10.8. The van der Waals surface area contributed by atoms with E-state index in [1.807, 2.05) is 30.3 Å². The summed E-state index contributed by atoms with van der Waals surface area (Å²) in [6.45, 7) is 2.10. The summed E-state index contributed by atoms with van der Waals surface area (Å²) in [7, 11) is 0. The minimum atomic E-state index is -0.692. The summed E-state index contributed by atoms with van der Waals surface area (Å²) in [5.41, 5.74) is 1.79. The molecule has 3 aromatic heterocycles. The highest BCUT2D eigenvalue weighted by Crippen LogP contribution is 2.14. The predicted molar refractivity (Wildman–Crippen MR) is 144 cm³/mol. The van der Waals surface area contributed by atoms with Gasteiger partial charge in [-0.1, -0.05) is 48.0 Å². The smallest absolute Gasteiger partial charge is 0.341 e. The zero-order valence-electron chi connectivity index (χ0n) is 20.5. The van der Waals surface area contributed by atoms with Gasteiger partial charge in [0.05, 0.1) is 12.0 Å². The molecule has 0 N–H and O–H groups in total. The van der Waals surface area contributed by atoms with Gasteiger partial charge in [0, 0.05) is 23.3 Å². The zero-order valence-corrected chi connectivity index (χ0v) is 21.3. The van der Waals surface area contributed by atoms with Crippen LogP contribution in [0.2, 0.25) is 5.02 Å². The van der Waals surface area contributed by atoms with Crippen molar-refractivity contribution in [3.63, 3.8) is 0 Å². The Bertz CT molecular complexity index is 1790. The molecule has 190 valence electrons. The van der Waals surface area contributed by atoms with Crippen molar-refractivity contribution in [2.75, 3.05) is 6.61 Å². The molecule has 5 aromatic rings. The van der Waals surface area contributed by atoms with Crippen molar-refractivity contribution in [3.05, 3.63) is 123 Å². The number of amides is 1. The Morgan fingerprint density at radius 3 is 2.47 bits per heavy atom. The number of hydrogen-bond donors (Lipinski definition) is 0. The second-order valence-corrected chi connectivity index (χ2v) is 8.93. The van der Waals surface area contributed by atoms with Gasteiger partial charge in [-0.2, -0.15) is 4.99 Å². The van der Waals surface area contributed by atoms with Crippen molar-refractivity contribution in [2.45, 2.75) is 19.9 Å². The number of carbonyl (C=O) groups excluding carboxylic acids is 2. The maximum atomic E-state index is 13.5. The molecule has 0 spiro atoms. The van der Waals surface area contributed by atoms with Crippen LogP contribution in [0.15, 0.2) is 94.8 Å². The summed E-state index contributed by atoms with van der Waals surface area (Å²) in [5, 5.41) is 0.691. The minimum absolute atomic E-state index is 0.00417. The molecule has 2 aromatic carbocycles. The lowest BCUT2D eigenvalue weighted by molar-refractivity contribution is 0.0523. The third kappa shape index (κ3) is 4.99. The Balaban J connectivity index is 1.83. The largest absolute Gasteiger partial charge is 0.462 e. The standard InChI is InChI=1S/C29H23ClN4O4/c1-2-38-29(37)23-18-22-25(31-24-10-6-7-16-33(24)28(22)36)34(17-15-19-8-4-3-5-9-19)26(23)32-27(35)20-11-13-21(30)14-12-20/h3-14,16,18H,2,15,17H2,1H3. The molecule has 9 heteroatoms. The molecule has 0 aliphatic heterocycles. The summed E-state index contributed by atoms with van der Waals surface area (Å²) in [6.07, 6.45) is 2.16. The Labute approximate surface area is 222 Å². The number of fused-ring (bicyclic) bond motifs is 2. The first-order chi connectivity index (χ1) is 18.5. The third-order valence-electron chi connectivity index (χ3n) is 6.05. The van der Waals surface area contributed by atoms with Crippen molar-refractivity contribution in [2.24, 2.45) is 4.99 Å². The van der Waals surface area contributed by atoms with Gasteiger partial charge < -0.3 is 9.30 Å². The lowest BCUT2D eigenvalue weighted by Gasteiger charge is -2.15. The van der Waals surface area contributed by atoms with Gasteiger partial charge in [0.15, 0.2) is 5.49 Å². The van der Waals surface area contributed by atoms with E-state index in [4.69, 9.17) is 21.3 Å². The van der Waals surface area contributed by atoms with E-state index in [1.54, 1.807) is 60.2 Å². The van der Waals surface area contributed by atoms with Crippen molar-refractivity contribution < 1.29 is 14.3 Å². The molecule has 0 radical (unpaired) electrons. The van der Waals surface area contributed by atoms with E-state index in [1.165, 1.54) is 10.5 Å². The maximum Gasteiger partial charge on any atom is 0.341 e. The van der Waals surface area contributed by atoms with Crippen molar-refractivity contribution >= 4 is 40.2 Å². The van der Waals surface area contributed by atoms with E-state index in [2.05, 4.69) is 4.99 Å². The third-order valence-corrected chi connectivity index (χ3v) is 6.30. The van der Waals surface area contributed by atoms with Crippen molar-refractivity contribution in [1.29, 1.82) is 0 Å². The van der Waals surface area contributed by atoms with Crippen LogP contribution in [0.25, 0.3) is 16.7 Å². The van der Waals surface area contributed by atoms with Crippen LogP contribution < -0.4 is 11.0 Å². The first-order valence-corrected chi connectivity index (χ1v) is 12.4. The van der Waals surface area contributed by atoms with Gasteiger partial charge in [0.1, 0.15) is 16.9 Å². The fourth-order valence-corrected chi connectivity index (χ4v) is 4.33. The number of benzene rings is 2. The van der Waals surface area contributed by atoms with Crippen LogP contribution in [-0.2, 0) is 17.7 Å². The lowest BCUT2D eigenvalue weighted by atomic mass is 10.1. The zero-order chi connectivity index (χ0) is 26.6. The SMILES string of the molecule is CCOC(=O)c1cc2c(=O)n3ccccc3nc2n(CCc2ccccc2)c1=NC(=O)c1ccc(Cl)cc1. The van der Waals surface area contributed by atoms with E-state index >= 15 is 0 Å². The number of ether oxygens (including phenoxy) is 1. The highest BCUT2D eigenvalue weighted by atomic mass is 35.5. The molecule has 5 rings (SSSR count). The van der Waals surface area contributed by atoms with Gasteiger partial charge in [0.2, 0.25) is 0 Å². The Morgan fingerprint density at radius 1 is 1.00 bits per heavy atom. The molecule has 0 bridgehead atoms. The summed E-state index contributed by atoms with van der Waals surface area (Å²) in [6, 6.07) is 22.7. The quantitative estimate of drug-likeness (QED) is 0.240. The molecule has 0 saturated heterocycles. The van der Waals surface area contributed by atoms with Gasteiger partial charge in [-0.15, -0.1) is 0 Å². The number of esters is 1. The first kappa shape index (κ1) is 25.1. The molecule has 0 saturated carbocycles. The number of aromatic nitrogens is 3. The molecule has 0 atom stereocenters. The van der Waals surface area contributed by atoms with Crippen LogP contribution in [0, 0.1) is 0 Å². The molecule has 38 heavy (non-hydrogen) atoms. The van der Waals surface area contributed by atoms with E-state index < -0.39 is 11.9 Å². The average Bonchev–Trinajstić information content (AvgIpc) is 2.93. The first-order valence-electron chi connectivity index (χ1n) is 12.1. The second-order valence-electron chi connectivity index (χ2n) is 8.50. The van der Waals surface area contributed by atoms with Crippen molar-refractivity contribution in [3.8, 4) is 0 Å². The molecule has 1 amide bonds. The lowest BCUT2D eigenvalue weighted by Crippen LogP contribution is -2.33. The molecule has 0 aliphatic rings. The summed E-state index contributed by atoms with van der Waals surface area (Å²) >= 11 is 5.98. The predicted octanol–water partition coefficient (Wildman–Crippen LogP) is 4.46. The Morgan fingerprint density at radius 2 is 1.74 bits per heavy atom. The number of halogens is 1. The molecule has 0 unspecified atom stereocenters. The van der Waals surface area contributed by atoms with Gasteiger partial charge in [-0.05, 0) is 61.4 Å². The highest BCUT2D eigenvalue weighted by molar-refractivity contribution is 6.30. The van der Waals surface area contributed by atoms with Crippen LogP contribution in [0.4, 0.5) is 0 Å². The summed E-state index contributed by atoms with van der Waals surface area (Å²) in [4.78, 5) is 48.9. The van der Waals surface area contributed by atoms with E-state index in [-0.39, 0.29) is 28.6 Å². The highest BCUT2D eigenvalue weighted by Gasteiger charge is 2.20. The summed E-state index contributed by atoms with van der Waals surface area (Å²) in [5.74, 6) is -1.26. The Hall–Kier alpha value is -4.56. The van der Waals surface area contributed by atoms with Gasteiger partial charge in [-0.3, -0.25) is 14.0 Å². The molecule has 0 aliphatic carbocycles. The van der Waals surface area contributed by atoms with Crippen LogP contribution in [0.3, 0.4) is 0 Å². The van der Waals surface area contributed by atoms with Gasteiger partial charge >= 0.3 is 5.97 Å². The molecule has 8 nitrogen and oxygen atoms in total. The molecular formula is C29H23ClN4O4. The van der Waals surface area contributed by atoms with E-state index in [0.29, 0.717) is 34.8 Å². The van der Waals surface area contributed by atoms with E-state index in [9.17, 15) is 14.4 Å². The van der Waals surface area contributed by atoms with Crippen molar-refractivity contribution in [1.82, 2.24) is 14.0 Å². The molecular weight excluding hydrogens is 504 g/mol. The maximum absolute atomic E-state index is 13.5. The number of nitrogens with zero attached hydrogens (tertiary/aromatic N) is 4. The van der Waals surface area contributed by atoms with E-state index in [0.717, 1.165) is 5.56 Å². The number of hydrogen-bond acceptors (Lipinski definition) is 5. The van der Waals surface area contributed by atoms with Crippen LogP contribution in [0.1, 0.15) is 33.2 Å². The number of pyridine rings is 2. The Kier molecular flexibility index (Phi) is 7.15. The monoisotopic (exact) mass is 526 g/mol. The normalized spacial score (nSPS) is 11.7. The number of carbonyl (C=O) groups is 2. The van der Waals surface area contributed by atoms with Crippen LogP contribution in [-0.4, -0.2) is 32.4 Å². The average molecular weight is 527 g/mol. The fraction of sp³-hybridized carbons (Fsp3) is 0.138. The molecule has 3 heterocycles. The van der Waals surface area contributed by atoms with Gasteiger partial charge in [-0.25, -0.2) is 9.78 Å². The molecule has 0 fully saturated rings. The van der Waals surface area contributed by atoms with Crippen LogP contribution >= 0.6 is 11.6 Å². The minimum Gasteiger partial charge on any atom is -0.462 e. The fourth-order valence-electron chi connectivity index (χ4n) is 4.21. The van der Waals surface area contributed by atoms with Crippen LogP contribution in [0.5, 0.6) is 0 Å². The topological polar surface area (TPSA) is 95.0 Å². The van der Waals surface area contributed by atoms with Gasteiger partial charge in [0.25, 0.3) is 11.5 Å².